The molecule has 2 rings (SSSR count). The van der Waals surface area contributed by atoms with Gasteiger partial charge in [0, 0.05) is 25.2 Å². The molecule has 1 aliphatic carbocycles. The number of hydrogen-bond donors (Lipinski definition) is 2. The van der Waals surface area contributed by atoms with Crippen molar-refractivity contribution in [3.63, 3.8) is 0 Å². The molecule has 23 heavy (non-hydrogen) atoms. The molecule has 1 saturated heterocycles. The van der Waals surface area contributed by atoms with Crippen LogP contribution >= 0.6 is 0 Å². The molecule has 1 aliphatic heterocycles. The summed E-state index contributed by atoms with van der Waals surface area (Å²) in [5.41, 5.74) is -0.561. The van der Waals surface area contributed by atoms with Crippen molar-refractivity contribution in [3.05, 3.63) is 0 Å². The fraction of sp³-hybridized carbons (Fsp3) is 0.944. The Labute approximate surface area is 141 Å². The molecule has 1 amide bonds. The minimum atomic E-state index is -0.444. The minimum Gasteiger partial charge on any atom is -0.444 e. The van der Waals surface area contributed by atoms with Crippen LogP contribution in [0.1, 0.15) is 60.3 Å². The second-order valence-corrected chi connectivity index (χ2v) is 8.75. The van der Waals surface area contributed by atoms with Crippen LogP contribution in [0.3, 0.4) is 0 Å². The van der Waals surface area contributed by atoms with Crippen LogP contribution in [0.4, 0.5) is 4.79 Å². The molecule has 3 unspecified atom stereocenters. The maximum atomic E-state index is 12.1. The van der Waals surface area contributed by atoms with Crippen molar-refractivity contribution in [1.82, 2.24) is 15.5 Å². The summed E-state index contributed by atoms with van der Waals surface area (Å²) in [4.78, 5) is 14.5. The Hall–Kier alpha value is -0.810. The minimum absolute atomic E-state index is 0.116. The molecule has 0 spiro atoms. The van der Waals surface area contributed by atoms with Crippen LogP contribution in [0.5, 0.6) is 0 Å². The zero-order chi connectivity index (χ0) is 17.3. The van der Waals surface area contributed by atoms with Gasteiger partial charge in [-0.1, -0.05) is 6.92 Å². The van der Waals surface area contributed by atoms with Crippen molar-refractivity contribution in [2.75, 3.05) is 20.1 Å². The van der Waals surface area contributed by atoms with Crippen LogP contribution in [0.15, 0.2) is 0 Å². The zero-order valence-electron chi connectivity index (χ0n) is 15.7. The highest BCUT2D eigenvalue weighted by Gasteiger charge is 2.40. The van der Waals surface area contributed by atoms with Gasteiger partial charge in [0.1, 0.15) is 5.60 Å². The number of nitrogens with one attached hydrogen (secondary N) is 2. The quantitative estimate of drug-likeness (QED) is 0.834. The van der Waals surface area contributed by atoms with E-state index >= 15 is 0 Å². The molecule has 0 aromatic rings. The second kappa shape index (κ2) is 6.98. The van der Waals surface area contributed by atoms with Gasteiger partial charge < -0.3 is 20.3 Å². The predicted octanol–water partition coefficient (Wildman–Crippen LogP) is 2.75. The number of hydrogen-bond acceptors (Lipinski definition) is 4. The van der Waals surface area contributed by atoms with Gasteiger partial charge in [-0.3, -0.25) is 0 Å². The van der Waals surface area contributed by atoms with Crippen LogP contribution in [0.25, 0.3) is 0 Å². The molecule has 2 aliphatic rings. The lowest BCUT2D eigenvalue weighted by atomic mass is 9.76. The first-order chi connectivity index (χ1) is 10.6. The first kappa shape index (κ1) is 18.5. The van der Waals surface area contributed by atoms with E-state index in [1.54, 1.807) is 0 Å². The number of likely N-dealkylation sites (tertiary alicyclic amines) is 1. The molecule has 5 heteroatoms. The van der Waals surface area contributed by atoms with Crippen molar-refractivity contribution in [1.29, 1.82) is 0 Å². The summed E-state index contributed by atoms with van der Waals surface area (Å²) in [6.45, 7) is 12.3. The van der Waals surface area contributed by atoms with Crippen molar-refractivity contribution >= 4 is 6.09 Å². The highest BCUT2D eigenvalue weighted by atomic mass is 16.6. The number of piperidine rings is 1. The molecule has 0 radical (unpaired) electrons. The Morgan fingerprint density at radius 3 is 2.48 bits per heavy atom. The molecule has 1 heterocycles. The maximum absolute atomic E-state index is 12.1. The average molecular weight is 325 g/mol. The van der Waals surface area contributed by atoms with Gasteiger partial charge >= 0.3 is 6.09 Å². The van der Waals surface area contributed by atoms with Crippen LogP contribution in [-0.4, -0.2) is 54.4 Å². The van der Waals surface area contributed by atoms with Crippen LogP contribution in [-0.2, 0) is 4.74 Å². The molecule has 0 bridgehead atoms. The van der Waals surface area contributed by atoms with Crippen LogP contribution in [0, 0.1) is 5.92 Å². The van der Waals surface area contributed by atoms with E-state index in [2.05, 4.69) is 36.4 Å². The summed E-state index contributed by atoms with van der Waals surface area (Å²) < 4.78 is 5.43. The summed E-state index contributed by atoms with van der Waals surface area (Å²) in [6.07, 6.45) is 4.13. The predicted molar refractivity (Wildman–Crippen MR) is 93.6 cm³/mol. The number of ether oxygens (including phenoxy) is 1. The normalized spacial score (nSPS) is 31.3. The van der Waals surface area contributed by atoms with E-state index < -0.39 is 5.60 Å². The van der Waals surface area contributed by atoms with Gasteiger partial charge in [0.2, 0.25) is 0 Å². The molecule has 0 aromatic carbocycles. The number of carbonyl (C=O) groups excluding carboxylic acids is 1. The monoisotopic (exact) mass is 325 g/mol. The number of rotatable bonds is 4. The van der Waals surface area contributed by atoms with E-state index in [-0.39, 0.29) is 11.6 Å². The van der Waals surface area contributed by atoms with Gasteiger partial charge in [-0.25, -0.2) is 4.79 Å². The Morgan fingerprint density at radius 2 is 1.96 bits per heavy atom. The molecule has 2 N–H and O–H groups in total. The van der Waals surface area contributed by atoms with Gasteiger partial charge in [-0.2, -0.15) is 0 Å². The summed E-state index contributed by atoms with van der Waals surface area (Å²) in [5, 5.41) is 6.86. The lowest BCUT2D eigenvalue weighted by Crippen LogP contribution is -2.62. The fourth-order valence-electron chi connectivity index (χ4n) is 3.62. The molecule has 2 fully saturated rings. The smallest absolute Gasteiger partial charge is 0.408 e. The fourth-order valence-corrected chi connectivity index (χ4v) is 3.62. The highest BCUT2D eigenvalue weighted by molar-refractivity contribution is 5.69. The van der Waals surface area contributed by atoms with Crippen LogP contribution in [0.2, 0.25) is 0 Å². The third kappa shape index (κ3) is 5.08. The molecule has 3 atom stereocenters. The number of alkyl carbamates (subject to hydrolysis) is 1. The molecule has 134 valence electrons. The largest absolute Gasteiger partial charge is 0.444 e. The molecule has 0 aromatic heterocycles. The van der Waals surface area contributed by atoms with Gasteiger partial charge in [0.15, 0.2) is 0 Å². The number of carbonyl (C=O) groups is 1. The van der Waals surface area contributed by atoms with Crippen molar-refractivity contribution in [2.45, 2.75) is 83.5 Å². The number of amides is 1. The summed E-state index contributed by atoms with van der Waals surface area (Å²) in [5.74, 6) is 0.634. The third-order valence-corrected chi connectivity index (χ3v) is 5.39. The highest BCUT2D eigenvalue weighted by Crippen LogP contribution is 2.32. The van der Waals surface area contributed by atoms with Crippen LogP contribution < -0.4 is 10.6 Å². The zero-order valence-corrected chi connectivity index (χ0v) is 15.7. The number of nitrogens with zero attached hydrogens (tertiary/aromatic N) is 1. The molecule has 5 nitrogen and oxygen atoms in total. The van der Waals surface area contributed by atoms with E-state index in [1.807, 2.05) is 20.8 Å². The third-order valence-electron chi connectivity index (χ3n) is 5.39. The van der Waals surface area contributed by atoms with Crippen molar-refractivity contribution < 1.29 is 9.53 Å². The average Bonchev–Trinajstić information content (AvgIpc) is 2.35. The van der Waals surface area contributed by atoms with E-state index in [9.17, 15) is 4.79 Å². The Balaban J connectivity index is 1.86. The Bertz CT molecular complexity index is 415. The SMILES string of the molecule is CC1CN(C)C(C)CC1NCC1(NC(=O)OC(C)(C)C)CCC1. The van der Waals surface area contributed by atoms with Crippen molar-refractivity contribution in [2.24, 2.45) is 5.92 Å². The lowest BCUT2D eigenvalue weighted by molar-refractivity contribution is 0.0364. The lowest BCUT2D eigenvalue weighted by Gasteiger charge is -2.46. The van der Waals surface area contributed by atoms with E-state index in [0.29, 0.717) is 18.0 Å². The summed E-state index contributed by atoms with van der Waals surface area (Å²) in [6, 6.07) is 1.14. The Kier molecular flexibility index (Phi) is 5.62. The van der Waals surface area contributed by atoms with Gasteiger partial charge in [0.25, 0.3) is 0 Å². The van der Waals surface area contributed by atoms with E-state index in [0.717, 1.165) is 25.9 Å². The molecular weight excluding hydrogens is 290 g/mol. The topological polar surface area (TPSA) is 53.6 Å². The van der Waals surface area contributed by atoms with Gasteiger partial charge in [-0.05, 0) is 66.3 Å². The molecule has 1 saturated carbocycles. The second-order valence-electron chi connectivity index (χ2n) is 8.75. The summed E-state index contributed by atoms with van der Waals surface area (Å²) in [7, 11) is 2.20. The van der Waals surface area contributed by atoms with E-state index in [4.69, 9.17) is 4.74 Å². The van der Waals surface area contributed by atoms with Gasteiger partial charge in [-0.15, -0.1) is 0 Å². The van der Waals surface area contributed by atoms with E-state index in [1.165, 1.54) is 12.8 Å². The molecular formula is C18H35N3O2. The van der Waals surface area contributed by atoms with Crippen molar-refractivity contribution in [3.8, 4) is 0 Å². The first-order valence-corrected chi connectivity index (χ1v) is 9.05. The first-order valence-electron chi connectivity index (χ1n) is 9.05. The summed E-state index contributed by atoms with van der Waals surface area (Å²) >= 11 is 0. The maximum Gasteiger partial charge on any atom is 0.408 e. The standard InChI is InChI=1S/C18H35N3O2/c1-13-11-21(6)14(2)10-15(13)19-12-18(8-7-9-18)20-16(22)23-17(3,4)5/h13-15,19H,7-12H2,1-6H3,(H,20,22). The van der Waals surface area contributed by atoms with Gasteiger partial charge in [0.05, 0.1) is 5.54 Å². The Morgan fingerprint density at radius 1 is 1.30 bits per heavy atom.